The first kappa shape index (κ1) is 14.2. The number of nitrogens with one attached hydrogen (secondary N) is 1. The van der Waals surface area contributed by atoms with Crippen LogP contribution in [0.5, 0.6) is 0 Å². The van der Waals surface area contributed by atoms with E-state index in [4.69, 9.17) is 5.84 Å². The van der Waals surface area contributed by atoms with E-state index in [0.717, 1.165) is 24.4 Å². The Morgan fingerprint density at radius 1 is 1.47 bits per heavy atom. The first-order chi connectivity index (χ1) is 9.10. The van der Waals surface area contributed by atoms with E-state index in [1.807, 2.05) is 4.90 Å². The monoisotopic (exact) mass is 283 g/mol. The maximum atomic E-state index is 12.1. The Kier molecular flexibility index (Phi) is 4.71. The number of hydrazine groups is 1. The first-order valence-electron chi connectivity index (χ1n) is 6.67. The molecule has 0 spiro atoms. The van der Waals surface area contributed by atoms with E-state index in [9.17, 15) is 4.79 Å². The van der Waals surface area contributed by atoms with Crippen molar-refractivity contribution in [2.75, 3.05) is 12.0 Å². The molecular weight excluding hydrogens is 262 g/mol. The van der Waals surface area contributed by atoms with Gasteiger partial charge in [-0.05, 0) is 24.7 Å². The number of anilines is 1. The molecule has 0 aromatic carbocycles. The third kappa shape index (κ3) is 3.63. The highest BCUT2D eigenvalue weighted by molar-refractivity contribution is 7.15. The van der Waals surface area contributed by atoms with Crippen molar-refractivity contribution in [3.05, 3.63) is 5.01 Å². The largest absolute Gasteiger partial charge is 0.336 e. The zero-order chi connectivity index (χ0) is 13.8. The molecule has 1 atom stereocenters. The maximum Gasteiger partial charge on any atom is 0.222 e. The smallest absolute Gasteiger partial charge is 0.222 e. The molecule has 6 nitrogen and oxygen atoms in total. The predicted molar refractivity (Wildman–Crippen MR) is 75.3 cm³/mol. The molecule has 1 fully saturated rings. The van der Waals surface area contributed by atoms with Gasteiger partial charge in [0, 0.05) is 13.0 Å². The van der Waals surface area contributed by atoms with Crippen LogP contribution in [0.3, 0.4) is 0 Å². The number of carbonyl (C=O) groups is 1. The number of nitrogen functional groups attached to an aromatic ring is 1. The van der Waals surface area contributed by atoms with Gasteiger partial charge in [0.2, 0.25) is 11.0 Å². The predicted octanol–water partition coefficient (Wildman–Crippen LogP) is 1.61. The van der Waals surface area contributed by atoms with Crippen molar-refractivity contribution in [1.29, 1.82) is 0 Å². The normalized spacial score (nSPS) is 20.7. The highest BCUT2D eigenvalue weighted by Crippen LogP contribution is 2.26. The summed E-state index contributed by atoms with van der Waals surface area (Å²) in [6, 6.07) is 0. The molecule has 19 heavy (non-hydrogen) atoms. The molecule has 0 saturated carbocycles. The van der Waals surface area contributed by atoms with Gasteiger partial charge in [-0.15, -0.1) is 10.2 Å². The van der Waals surface area contributed by atoms with Crippen LogP contribution in [0.25, 0.3) is 0 Å². The molecule has 0 bridgehead atoms. The summed E-state index contributed by atoms with van der Waals surface area (Å²) in [5, 5.41) is 9.32. The Hall–Kier alpha value is -1.21. The van der Waals surface area contributed by atoms with Crippen LogP contribution in [0.15, 0.2) is 0 Å². The minimum Gasteiger partial charge on any atom is -0.336 e. The fraction of sp³-hybridized carbons (Fsp3) is 0.750. The number of hydrogen-bond donors (Lipinski definition) is 2. The Balaban J connectivity index is 1.97. The van der Waals surface area contributed by atoms with Gasteiger partial charge >= 0.3 is 0 Å². The summed E-state index contributed by atoms with van der Waals surface area (Å²) in [6.07, 6.45) is 2.71. The average molecular weight is 283 g/mol. The zero-order valence-corrected chi connectivity index (χ0v) is 12.2. The fourth-order valence-electron chi connectivity index (χ4n) is 2.43. The molecule has 0 aliphatic carbocycles. The minimum absolute atomic E-state index is 0.223. The highest BCUT2D eigenvalue weighted by atomic mass is 32.1. The van der Waals surface area contributed by atoms with E-state index in [-0.39, 0.29) is 5.91 Å². The molecule has 106 valence electrons. The van der Waals surface area contributed by atoms with Crippen molar-refractivity contribution in [3.8, 4) is 0 Å². The summed E-state index contributed by atoms with van der Waals surface area (Å²) < 4.78 is 0. The molecule has 1 aromatic heterocycles. The SMILES string of the molecule is CC(C)C1CCC(=O)N(Cc2nnc(NN)s2)CC1. The number of carbonyl (C=O) groups excluding carboxylic acids is 1. The van der Waals surface area contributed by atoms with Gasteiger partial charge in [-0.25, -0.2) is 5.84 Å². The van der Waals surface area contributed by atoms with Gasteiger partial charge in [-0.1, -0.05) is 25.2 Å². The lowest BCUT2D eigenvalue weighted by Crippen LogP contribution is -2.29. The number of nitrogens with two attached hydrogens (primary N) is 1. The van der Waals surface area contributed by atoms with Gasteiger partial charge in [-0.3, -0.25) is 10.2 Å². The summed E-state index contributed by atoms with van der Waals surface area (Å²) in [6.45, 7) is 5.82. The van der Waals surface area contributed by atoms with Crippen LogP contribution >= 0.6 is 11.3 Å². The van der Waals surface area contributed by atoms with Crippen molar-refractivity contribution in [2.24, 2.45) is 17.7 Å². The molecule has 0 radical (unpaired) electrons. The number of rotatable bonds is 4. The second-order valence-corrected chi connectivity index (χ2v) is 6.35. The van der Waals surface area contributed by atoms with E-state index < -0.39 is 0 Å². The zero-order valence-electron chi connectivity index (χ0n) is 11.4. The molecule has 1 unspecified atom stereocenters. The molecule has 1 saturated heterocycles. The second kappa shape index (κ2) is 6.29. The van der Waals surface area contributed by atoms with Crippen LogP contribution in [0, 0.1) is 11.8 Å². The molecule has 1 aromatic rings. The van der Waals surface area contributed by atoms with E-state index in [1.165, 1.54) is 11.3 Å². The first-order valence-corrected chi connectivity index (χ1v) is 7.48. The van der Waals surface area contributed by atoms with E-state index in [2.05, 4.69) is 29.5 Å². The maximum absolute atomic E-state index is 12.1. The fourth-order valence-corrected chi connectivity index (χ4v) is 3.10. The number of amides is 1. The summed E-state index contributed by atoms with van der Waals surface area (Å²) in [4.78, 5) is 14.0. The lowest BCUT2D eigenvalue weighted by molar-refractivity contribution is -0.131. The third-order valence-corrected chi connectivity index (χ3v) is 4.55. The topological polar surface area (TPSA) is 84.1 Å². The molecule has 2 heterocycles. The van der Waals surface area contributed by atoms with Gasteiger partial charge in [0.05, 0.1) is 6.54 Å². The average Bonchev–Trinajstić information content (AvgIpc) is 2.75. The molecule has 1 aliphatic heterocycles. The molecule has 7 heteroatoms. The summed E-state index contributed by atoms with van der Waals surface area (Å²) in [7, 11) is 0. The summed E-state index contributed by atoms with van der Waals surface area (Å²) in [5.74, 6) is 6.78. The van der Waals surface area contributed by atoms with E-state index in [1.54, 1.807) is 0 Å². The second-order valence-electron chi connectivity index (χ2n) is 5.29. The van der Waals surface area contributed by atoms with Crippen molar-refractivity contribution in [1.82, 2.24) is 15.1 Å². The Bertz CT molecular complexity index is 434. The van der Waals surface area contributed by atoms with Gasteiger partial charge in [0.25, 0.3) is 0 Å². The Labute approximate surface area is 117 Å². The third-order valence-electron chi connectivity index (χ3n) is 3.71. The minimum atomic E-state index is 0.223. The molecule has 1 aliphatic rings. The van der Waals surface area contributed by atoms with Crippen LogP contribution in [-0.2, 0) is 11.3 Å². The molecule has 1 amide bonds. The summed E-state index contributed by atoms with van der Waals surface area (Å²) in [5.41, 5.74) is 2.47. The van der Waals surface area contributed by atoms with E-state index in [0.29, 0.717) is 29.9 Å². The van der Waals surface area contributed by atoms with Gasteiger partial charge in [-0.2, -0.15) is 0 Å². The van der Waals surface area contributed by atoms with Crippen LogP contribution < -0.4 is 11.3 Å². The number of hydrogen-bond acceptors (Lipinski definition) is 6. The van der Waals surface area contributed by atoms with Gasteiger partial charge < -0.3 is 4.90 Å². The van der Waals surface area contributed by atoms with Gasteiger partial charge in [0.15, 0.2) is 0 Å². The van der Waals surface area contributed by atoms with E-state index >= 15 is 0 Å². The van der Waals surface area contributed by atoms with Gasteiger partial charge in [0.1, 0.15) is 5.01 Å². The Morgan fingerprint density at radius 2 is 2.26 bits per heavy atom. The van der Waals surface area contributed by atoms with Crippen molar-refractivity contribution < 1.29 is 4.79 Å². The van der Waals surface area contributed by atoms with Crippen LogP contribution in [0.2, 0.25) is 0 Å². The number of likely N-dealkylation sites (tertiary alicyclic amines) is 1. The molecule has 3 N–H and O–H groups in total. The number of nitrogens with zero attached hydrogens (tertiary/aromatic N) is 3. The Morgan fingerprint density at radius 3 is 2.89 bits per heavy atom. The van der Waals surface area contributed by atoms with Crippen molar-refractivity contribution >= 4 is 22.4 Å². The summed E-state index contributed by atoms with van der Waals surface area (Å²) >= 11 is 1.39. The number of aromatic nitrogens is 2. The molecular formula is C12H21N5OS. The highest BCUT2D eigenvalue weighted by Gasteiger charge is 2.24. The lowest BCUT2D eigenvalue weighted by Gasteiger charge is -2.20. The van der Waals surface area contributed by atoms with Crippen LogP contribution in [0.1, 0.15) is 38.1 Å². The van der Waals surface area contributed by atoms with Crippen molar-refractivity contribution in [3.63, 3.8) is 0 Å². The molecule has 2 rings (SSSR count). The van der Waals surface area contributed by atoms with Crippen LogP contribution in [0.4, 0.5) is 5.13 Å². The quantitative estimate of drug-likeness (QED) is 0.648. The lowest BCUT2D eigenvalue weighted by atomic mass is 9.89. The van der Waals surface area contributed by atoms with Crippen molar-refractivity contribution in [2.45, 2.75) is 39.7 Å². The van der Waals surface area contributed by atoms with Crippen LogP contribution in [-0.4, -0.2) is 27.5 Å². The standard InChI is InChI=1S/C12H21N5OS/c1-8(2)9-3-4-11(18)17(6-5-9)7-10-15-16-12(14-13)19-10/h8-9H,3-7,13H2,1-2H3,(H,14,16).